The number of benzene rings is 2. The van der Waals surface area contributed by atoms with Crippen LogP contribution in [0.2, 0.25) is 0 Å². The van der Waals surface area contributed by atoms with Gasteiger partial charge in [0.1, 0.15) is 28.7 Å². The number of amides is 2. The molecule has 0 fully saturated rings. The number of carbonyl (C=O) groups excluding carboxylic acids is 1. The smallest absolute Gasteiger partial charge is 0.322 e. The van der Waals surface area contributed by atoms with Gasteiger partial charge in [-0.1, -0.05) is 6.08 Å². The summed E-state index contributed by atoms with van der Waals surface area (Å²) in [6, 6.07) is 7.40. The Morgan fingerprint density at radius 1 is 1.00 bits per heavy atom. The fraction of sp³-hybridized carbons (Fsp3) is 0.318. The van der Waals surface area contributed by atoms with Crippen LogP contribution in [-0.4, -0.2) is 57.4 Å². The normalized spacial score (nSPS) is 13.1. The summed E-state index contributed by atoms with van der Waals surface area (Å²) in [5, 5.41) is 14.0. The summed E-state index contributed by atoms with van der Waals surface area (Å²) in [7, 11) is 6.13. The summed E-state index contributed by atoms with van der Waals surface area (Å²) in [4.78, 5) is 25.1. The van der Waals surface area contributed by atoms with Gasteiger partial charge in [0.25, 0.3) is 5.69 Å². The van der Waals surface area contributed by atoms with Crippen molar-refractivity contribution in [3.05, 3.63) is 52.1 Å². The molecule has 170 valence electrons. The lowest BCUT2D eigenvalue weighted by Crippen LogP contribution is -2.38. The molecule has 1 heterocycles. The molecule has 1 aliphatic rings. The predicted octanol–water partition coefficient (Wildman–Crippen LogP) is 3.95. The fourth-order valence-electron chi connectivity index (χ4n) is 3.49. The summed E-state index contributed by atoms with van der Waals surface area (Å²) < 4.78 is 21.4. The third-order valence-corrected chi connectivity index (χ3v) is 5.18. The maximum absolute atomic E-state index is 12.7. The molecule has 10 nitrogen and oxygen atoms in total. The van der Waals surface area contributed by atoms with Gasteiger partial charge in [-0.2, -0.15) is 0 Å². The van der Waals surface area contributed by atoms with Crippen LogP contribution in [-0.2, 0) is 0 Å². The molecule has 0 aliphatic carbocycles. The first-order valence-electron chi connectivity index (χ1n) is 9.79. The van der Waals surface area contributed by atoms with E-state index >= 15 is 0 Å². The van der Waals surface area contributed by atoms with Crippen molar-refractivity contribution >= 4 is 23.0 Å². The van der Waals surface area contributed by atoms with Gasteiger partial charge >= 0.3 is 6.03 Å². The van der Waals surface area contributed by atoms with Crippen LogP contribution in [0.15, 0.2) is 36.4 Å². The fourth-order valence-corrected chi connectivity index (χ4v) is 3.49. The number of methoxy groups -OCH3 is 4. The van der Waals surface area contributed by atoms with Crippen LogP contribution in [0.25, 0.3) is 5.57 Å². The molecule has 0 unspecified atom stereocenters. The van der Waals surface area contributed by atoms with E-state index in [-0.39, 0.29) is 11.4 Å². The zero-order valence-electron chi connectivity index (χ0n) is 18.3. The number of nitro groups is 1. The molecule has 0 spiro atoms. The minimum Gasteiger partial charge on any atom is -0.496 e. The molecule has 10 heteroatoms. The Bertz CT molecular complexity index is 1030. The van der Waals surface area contributed by atoms with Crippen LogP contribution in [0.5, 0.6) is 23.0 Å². The van der Waals surface area contributed by atoms with E-state index < -0.39 is 11.0 Å². The predicted molar refractivity (Wildman–Crippen MR) is 119 cm³/mol. The van der Waals surface area contributed by atoms with Crippen molar-refractivity contribution < 1.29 is 28.7 Å². The zero-order valence-corrected chi connectivity index (χ0v) is 18.3. The SMILES string of the molecule is COc1cc(OC)c(C2=CCN(C(=O)Nc3ccc(OC)cc3[N+](=O)[O-])CC2)c(OC)c1. The van der Waals surface area contributed by atoms with Gasteiger partial charge in [-0.3, -0.25) is 10.1 Å². The molecule has 0 atom stereocenters. The average molecular weight is 443 g/mol. The van der Waals surface area contributed by atoms with E-state index in [2.05, 4.69) is 5.32 Å². The molecule has 0 aromatic heterocycles. The number of hydrogen-bond acceptors (Lipinski definition) is 7. The molecule has 2 aromatic carbocycles. The summed E-state index contributed by atoms with van der Waals surface area (Å²) >= 11 is 0. The molecule has 32 heavy (non-hydrogen) atoms. The maximum Gasteiger partial charge on any atom is 0.322 e. The maximum atomic E-state index is 12.7. The first-order chi connectivity index (χ1) is 15.4. The summed E-state index contributed by atoms with van der Waals surface area (Å²) in [6.07, 6.45) is 2.47. The molecule has 0 radical (unpaired) electrons. The second kappa shape index (κ2) is 9.90. The van der Waals surface area contributed by atoms with Gasteiger partial charge < -0.3 is 29.2 Å². The lowest BCUT2D eigenvalue weighted by atomic mass is 9.97. The summed E-state index contributed by atoms with van der Waals surface area (Å²) in [6.45, 7) is 0.739. The average Bonchev–Trinajstić information content (AvgIpc) is 2.83. The van der Waals surface area contributed by atoms with E-state index in [1.165, 1.54) is 19.2 Å². The van der Waals surface area contributed by atoms with E-state index in [4.69, 9.17) is 18.9 Å². The molecule has 2 aromatic rings. The van der Waals surface area contributed by atoms with Crippen LogP contribution in [0, 0.1) is 10.1 Å². The minimum absolute atomic E-state index is 0.106. The monoisotopic (exact) mass is 443 g/mol. The van der Waals surface area contributed by atoms with Crippen molar-refractivity contribution in [2.24, 2.45) is 0 Å². The highest BCUT2D eigenvalue weighted by Crippen LogP contribution is 2.41. The Balaban J connectivity index is 1.79. The highest BCUT2D eigenvalue weighted by atomic mass is 16.6. The van der Waals surface area contributed by atoms with E-state index in [9.17, 15) is 14.9 Å². The second-order valence-corrected chi connectivity index (χ2v) is 6.90. The molecule has 1 N–H and O–H groups in total. The van der Waals surface area contributed by atoms with E-state index in [1.54, 1.807) is 44.4 Å². The van der Waals surface area contributed by atoms with Crippen molar-refractivity contribution in [3.63, 3.8) is 0 Å². The Hall–Kier alpha value is -3.95. The first kappa shape index (κ1) is 22.7. The highest BCUT2D eigenvalue weighted by molar-refractivity contribution is 5.93. The largest absolute Gasteiger partial charge is 0.496 e. The van der Waals surface area contributed by atoms with Crippen LogP contribution in [0.3, 0.4) is 0 Å². The number of rotatable bonds is 7. The molecule has 0 saturated heterocycles. The van der Waals surface area contributed by atoms with Crippen LogP contribution < -0.4 is 24.3 Å². The molecular formula is C22H25N3O7. The van der Waals surface area contributed by atoms with Crippen molar-refractivity contribution in [2.75, 3.05) is 46.8 Å². The number of hydrogen-bond donors (Lipinski definition) is 1. The van der Waals surface area contributed by atoms with E-state index in [0.29, 0.717) is 42.5 Å². The van der Waals surface area contributed by atoms with Gasteiger partial charge in [0.05, 0.1) is 45.0 Å². The van der Waals surface area contributed by atoms with Gasteiger partial charge in [-0.15, -0.1) is 0 Å². The molecule has 1 aliphatic heterocycles. The molecule has 0 saturated carbocycles. The molecule has 2 amide bonds. The first-order valence-corrected chi connectivity index (χ1v) is 9.79. The van der Waals surface area contributed by atoms with Crippen LogP contribution in [0.1, 0.15) is 12.0 Å². The number of anilines is 1. The van der Waals surface area contributed by atoms with Crippen molar-refractivity contribution in [3.8, 4) is 23.0 Å². The van der Waals surface area contributed by atoms with Crippen molar-refractivity contribution in [2.45, 2.75) is 6.42 Å². The highest BCUT2D eigenvalue weighted by Gasteiger charge is 2.25. The number of ether oxygens (including phenoxy) is 4. The van der Waals surface area contributed by atoms with Gasteiger partial charge in [0.2, 0.25) is 0 Å². The topological polar surface area (TPSA) is 112 Å². The molecular weight excluding hydrogens is 418 g/mol. The number of carbonyl (C=O) groups is 1. The Labute approximate surface area is 185 Å². The number of nitro benzene ring substituents is 1. The summed E-state index contributed by atoms with van der Waals surface area (Å²) in [5.41, 5.74) is 1.65. The van der Waals surface area contributed by atoms with E-state index in [1.807, 2.05) is 6.08 Å². The summed E-state index contributed by atoms with van der Waals surface area (Å²) in [5.74, 6) is 2.17. The van der Waals surface area contributed by atoms with Crippen molar-refractivity contribution in [1.82, 2.24) is 4.90 Å². The van der Waals surface area contributed by atoms with Gasteiger partial charge in [0.15, 0.2) is 0 Å². The third-order valence-electron chi connectivity index (χ3n) is 5.18. The Kier molecular flexibility index (Phi) is 7.04. The van der Waals surface area contributed by atoms with Gasteiger partial charge in [0, 0.05) is 25.2 Å². The van der Waals surface area contributed by atoms with Crippen molar-refractivity contribution in [1.29, 1.82) is 0 Å². The number of nitrogens with zero attached hydrogens (tertiary/aromatic N) is 2. The van der Waals surface area contributed by atoms with Gasteiger partial charge in [-0.25, -0.2) is 4.79 Å². The Morgan fingerprint density at radius 3 is 2.16 bits per heavy atom. The molecule has 3 rings (SSSR count). The van der Waals surface area contributed by atoms with Crippen LogP contribution in [0.4, 0.5) is 16.2 Å². The Morgan fingerprint density at radius 2 is 1.66 bits per heavy atom. The zero-order chi connectivity index (χ0) is 23.3. The van der Waals surface area contributed by atoms with Crippen LogP contribution >= 0.6 is 0 Å². The minimum atomic E-state index is -0.561. The van der Waals surface area contributed by atoms with Gasteiger partial charge in [-0.05, 0) is 24.1 Å². The van der Waals surface area contributed by atoms with E-state index in [0.717, 1.165) is 11.1 Å². The number of urea groups is 1. The lowest BCUT2D eigenvalue weighted by Gasteiger charge is -2.28. The second-order valence-electron chi connectivity index (χ2n) is 6.90. The quantitative estimate of drug-likeness (QED) is 0.509. The lowest BCUT2D eigenvalue weighted by molar-refractivity contribution is -0.384. The number of nitrogens with one attached hydrogen (secondary N) is 1. The standard InChI is InChI=1S/C22H25N3O7/c1-29-15-5-6-17(18(11-15)25(27)28)23-22(26)24-9-7-14(8-10-24)21-19(31-3)12-16(30-2)13-20(21)32-4/h5-7,11-13H,8-10H2,1-4H3,(H,23,26). The molecule has 0 bridgehead atoms. The third kappa shape index (κ3) is 4.69.